The van der Waals surface area contributed by atoms with Gasteiger partial charge < -0.3 is 29.6 Å². The third-order valence-electron chi connectivity index (χ3n) is 6.48. The van der Waals surface area contributed by atoms with E-state index in [0.717, 1.165) is 28.0 Å². The second-order valence-corrected chi connectivity index (χ2v) is 9.47. The summed E-state index contributed by atoms with van der Waals surface area (Å²) in [6.07, 6.45) is 6.15. The van der Waals surface area contributed by atoms with E-state index < -0.39 is 12.1 Å². The lowest BCUT2D eigenvalue weighted by Gasteiger charge is -2.13. The number of rotatable bonds is 5. The van der Waals surface area contributed by atoms with Crippen molar-refractivity contribution in [3.8, 4) is 5.75 Å². The highest BCUT2D eigenvalue weighted by atomic mass is 16.5. The first-order valence-electron chi connectivity index (χ1n) is 12.6. The molecule has 0 fully saturated rings. The van der Waals surface area contributed by atoms with Crippen molar-refractivity contribution in [2.75, 3.05) is 19.0 Å². The molecule has 1 amide bonds. The summed E-state index contributed by atoms with van der Waals surface area (Å²) in [7, 11) is 4.02. The molecule has 2 unspecified atom stereocenters. The predicted octanol–water partition coefficient (Wildman–Crippen LogP) is 5.33. The molecule has 8 nitrogen and oxygen atoms in total. The zero-order valence-electron chi connectivity index (χ0n) is 21.9. The minimum absolute atomic E-state index is 0.167. The average Bonchev–Trinajstić information content (AvgIpc) is 3.48. The Morgan fingerprint density at radius 1 is 0.975 bits per heavy atom. The molecule has 8 heteroatoms. The number of anilines is 1. The van der Waals surface area contributed by atoms with Gasteiger partial charge in [-0.15, -0.1) is 0 Å². The highest BCUT2D eigenvalue weighted by Crippen LogP contribution is 2.41. The van der Waals surface area contributed by atoms with Crippen LogP contribution in [0, 0.1) is 0 Å². The molecule has 0 saturated carbocycles. The highest BCUT2D eigenvalue weighted by Gasteiger charge is 2.28. The molecule has 0 radical (unpaired) electrons. The van der Waals surface area contributed by atoms with Gasteiger partial charge in [0.25, 0.3) is 5.91 Å². The number of carbonyl (C=O) groups is 2. The quantitative estimate of drug-likeness (QED) is 0.316. The van der Waals surface area contributed by atoms with Gasteiger partial charge in [-0.25, -0.2) is 4.79 Å². The van der Waals surface area contributed by atoms with Gasteiger partial charge in [-0.3, -0.25) is 4.79 Å². The molecule has 3 aromatic carbocycles. The van der Waals surface area contributed by atoms with E-state index in [1.54, 1.807) is 36.4 Å². The van der Waals surface area contributed by atoms with E-state index in [1.807, 2.05) is 74.8 Å². The van der Waals surface area contributed by atoms with Crippen molar-refractivity contribution in [1.82, 2.24) is 5.32 Å². The molecular formula is C32H28N2O6. The van der Waals surface area contributed by atoms with E-state index >= 15 is 0 Å². The number of para-hydroxylation sites is 1. The fraction of sp³-hybridized carbons (Fsp3) is 0.125. The van der Waals surface area contributed by atoms with Crippen LogP contribution in [0.2, 0.25) is 0 Å². The van der Waals surface area contributed by atoms with E-state index in [2.05, 4.69) is 16.3 Å². The number of furan rings is 1. The zero-order valence-corrected chi connectivity index (χ0v) is 21.9. The van der Waals surface area contributed by atoms with Crippen molar-refractivity contribution >= 4 is 34.1 Å². The minimum atomic E-state index is -1.41. The summed E-state index contributed by atoms with van der Waals surface area (Å²) in [5.41, 5.74) is 4.94. The maximum atomic E-state index is 12.7. The number of amides is 1. The third-order valence-corrected chi connectivity index (χ3v) is 6.48. The van der Waals surface area contributed by atoms with Crippen molar-refractivity contribution in [2.24, 2.45) is 0 Å². The second kappa shape index (κ2) is 11.3. The Balaban J connectivity index is 0.000000248. The lowest BCUT2D eigenvalue weighted by atomic mass is 10.0. The Bertz CT molecular complexity index is 1620. The maximum absolute atomic E-state index is 12.7. The molecule has 0 bridgehead atoms. The Morgan fingerprint density at radius 3 is 2.45 bits per heavy atom. The zero-order chi connectivity index (χ0) is 28.2. The first-order valence-corrected chi connectivity index (χ1v) is 12.6. The Kier molecular flexibility index (Phi) is 7.52. The normalized spacial score (nSPS) is 15.7. The summed E-state index contributed by atoms with van der Waals surface area (Å²) < 4.78 is 11.7. The van der Waals surface area contributed by atoms with Crippen LogP contribution in [0.1, 0.15) is 27.8 Å². The van der Waals surface area contributed by atoms with Gasteiger partial charge in [-0.05, 0) is 54.1 Å². The summed E-state index contributed by atoms with van der Waals surface area (Å²) in [6, 6.07) is 23.7. The molecule has 2 heterocycles. The molecule has 2 aliphatic rings. The summed E-state index contributed by atoms with van der Waals surface area (Å²) in [5, 5.41) is 21.2. The molecule has 1 aromatic heterocycles. The lowest BCUT2D eigenvalue weighted by molar-refractivity contribution is -0.146. The van der Waals surface area contributed by atoms with Crippen molar-refractivity contribution in [3.63, 3.8) is 0 Å². The van der Waals surface area contributed by atoms with Crippen molar-refractivity contribution in [2.45, 2.75) is 12.2 Å². The minimum Gasteiger partial charge on any atom is -0.481 e. The van der Waals surface area contributed by atoms with Crippen LogP contribution in [0.25, 0.3) is 16.5 Å². The van der Waals surface area contributed by atoms with Gasteiger partial charge >= 0.3 is 5.97 Å². The van der Waals surface area contributed by atoms with E-state index in [4.69, 9.17) is 19.4 Å². The Morgan fingerprint density at radius 2 is 1.73 bits per heavy atom. The van der Waals surface area contributed by atoms with Gasteiger partial charge in [0.15, 0.2) is 11.9 Å². The first kappa shape index (κ1) is 26.5. The average molecular weight is 537 g/mol. The lowest BCUT2D eigenvalue weighted by Crippen LogP contribution is -2.21. The van der Waals surface area contributed by atoms with Gasteiger partial charge in [0, 0.05) is 42.0 Å². The van der Waals surface area contributed by atoms with Gasteiger partial charge in [0.1, 0.15) is 17.4 Å². The molecular weight excluding hydrogens is 508 g/mol. The number of hydrogen-bond acceptors (Lipinski definition) is 6. The number of aliphatic hydroxyl groups excluding tert-OH is 1. The van der Waals surface area contributed by atoms with Gasteiger partial charge in [0.05, 0.1) is 0 Å². The van der Waals surface area contributed by atoms with E-state index in [9.17, 15) is 9.59 Å². The van der Waals surface area contributed by atoms with Crippen LogP contribution < -0.4 is 15.0 Å². The van der Waals surface area contributed by atoms with Crippen LogP contribution in [-0.2, 0) is 4.79 Å². The molecule has 0 saturated heterocycles. The Labute approximate surface area is 231 Å². The predicted molar refractivity (Wildman–Crippen MR) is 153 cm³/mol. The number of carboxylic acids is 1. The monoisotopic (exact) mass is 536 g/mol. The number of fused-ring (bicyclic) bond motifs is 4. The van der Waals surface area contributed by atoms with Crippen LogP contribution in [0.3, 0.4) is 0 Å². The van der Waals surface area contributed by atoms with E-state index in [-0.39, 0.29) is 17.8 Å². The fourth-order valence-electron chi connectivity index (χ4n) is 4.40. The fourth-order valence-corrected chi connectivity index (χ4v) is 4.40. The molecule has 40 heavy (non-hydrogen) atoms. The molecule has 0 spiro atoms. The van der Waals surface area contributed by atoms with Crippen LogP contribution in [0.4, 0.5) is 5.69 Å². The summed E-state index contributed by atoms with van der Waals surface area (Å²) >= 11 is 0. The van der Waals surface area contributed by atoms with Crippen LogP contribution in [0.15, 0.2) is 113 Å². The molecule has 202 valence electrons. The first-order chi connectivity index (χ1) is 19.3. The largest absolute Gasteiger partial charge is 0.481 e. The van der Waals surface area contributed by atoms with Gasteiger partial charge in [0.2, 0.25) is 0 Å². The van der Waals surface area contributed by atoms with Crippen molar-refractivity contribution in [3.05, 3.63) is 126 Å². The Hall–Kier alpha value is -5.08. The molecule has 6 rings (SSSR count). The molecule has 3 N–H and O–H groups in total. The SMILES string of the molecule is CN(C)c1ccc2c(c1)C1=CC(NC(=O)c3cc4ccccc4o3)=CC=CC1O2.O=C(O)C(O)c1ccccc1. The number of aliphatic carboxylic acids is 1. The number of benzene rings is 3. The number of nitrogens with one attached hydrogen (secondary N) is 1. The van der Waals surface area contributed by atoms with Gasteiger partial charge in [-0.1, -0.05) is 54.6 Å². The van der Waals surface area contributed by atoms with Crippen molar-refractivity contribution in [1.29, 1.82) is 0 Å². The number of nitrogens with zero attached hydrogens (tertiary/aromatic N) is 1. The molecule has 2 atom stereocenters. The number of carbonyl (C=O) groups excluding carboxylic acids is 1. The summed E-state index contributed by atoms with van der Waals surface area (Å²) in [4.78, 5) is 25.0. The second-order valence-electron chi connectivity index (χ2n) is 9.47. The van der Waals surface area contributed by atoms with Crippen molar-refractivity contribution < 1.29 is 29.0 Å². The van der Waals surface area contributed by atoms with Gasteiger partial charge in [-0.2, -0.15) is 0 Å². The number of allylic oxidation sites excluding steroid dienone is 3. The summed E-state index contributed by atoms with van der Waals surface area (Å²) in [6.45, 7) is 0. The van der Waals surface area contributed by atoms with E-state index in [0.29, 0.717) is 16.8 Å². The highest BCUT2D eigenvalue weighted by molar-refractivity contribution is 5.97. The van der Waals surface area contributed by atoms with E-state index in [1.165, 1.54) is 0 Å². The van der Waals surface area contributed by atoms with Crippen LogP contribution in [-0.4, -0.2) is 42.3 Å². The number of hydrogen-bond donors (Lipinski definition) is 3. The molecule has 1 aliphatic heterocycles. The summed E-state index contributed by atoms with van der Waals surface area (Å²) in [5.74, 6) is -0.372. The third kappa shape index (κ3) is 5.67. The standard InChI is InChI=1S/C24H20N2O3.C8H8O3/c1-26(2)17-10-11-22-19(14-17)18-13-16(7-5-9-21(18)29-22)25-24(27)23-12-15-6-3-4-8-20(15)28-23;9-7(8(10)11)6-4-2-1-3-5-6/h3-14,21H,1-2H3,(H,25,27);1-5,7,9H,(H,10,11). The number of ether oxygens (including phenoxy) is 1. The maximum Gasteiger partial charge on any atom is 0.337 e. The smallest absolute Gasteiger partial charge is 0.337 e. The number of aliphatic hydroxyl groups is 1. The number of carboxylic acid groups (broad SMARTS) is 1. The molecule has 4 aromatic rings. The molecule has 1 aliphatic carbocycles. The van der Waals surface area contributed by atoms with Crippen LogP contribution in [0.5, 0.6) is 5.75 Å². The topological polar surface area (TPSA) is 112 Å². The van der Waals surface area contributed by atoms with Crippen LogP contribution >= 0.6 is 0 Å².